The number of hydrogen-bond acceptors (Lipinski definition) is 3. The maximum absolute atomic E-state index is 14.0. The SMILES string of the molecule is Cc1ccccc1C1c2ccsc2CCN1C(=O)CN(C(=O)c1cccc(Br)c1)C1CCCCC1. The molecule has 1 atom stereocenters. The first kappa shape index (κ1) is 24.3. The second-order valence-electron chi connectivity index (χ2n) is 9.63. The van der Waals surface area contributed by atoms with E-state index in [0.29, 0.717) is 12.1 Å². The Bertz CT molecular complexity index is 1220. The molecule has 1 aromatic heterocycles. The summed E-state index contributed by atoms with van der Waals surface area (Å²) in [5.74, 6) is -0.0174. The highest BCUT2D eigenvalue weighted by Gasteiger charge is 2.36. The Balaban J connectivity index is 1.46. The molecule has 35 heavy (non-hydrogen) atoms. The zero-order valence-electron chi connectivity index (χ0n) is 20.1. The summed E-state index contributed by atoms with van der Waals surface area (Å²) >= 11 is 5.27. The molecule has 0 radical (unpaired) electrons. The van der Waals surface area contributed by atoms with E-state index in [9.17, 15) is 9.59 Å². The number of benzene rings is 2. The molecule has 0 N–H and O–H groups in total. The molecule has 2 amide bonds. The number of amides is 2. The second kappa shape index (κ2) is 10.7. The minimum absolute atomic E-state index is 0.0315. The van der Waals surface area contributed by atoms with Crippen molar-refractivity contribution in [3.63, 3.8) is 0 Å². The van der Waals surface area contributed by atoms with Crippen molar-refractivity contribution in [2.24, 2.45) is 0 Å². The molecule has 5 rings (SSSR count). The fourth-order valence-corrected chi connectivity index (χ4v) is 6.90. The van der Waals surface area contributed by atoms with Crippen LogP contribution >= 0.6 is 27.3 Å². The minimum atomic E-state index is -0.104. The molecule has 0 saturated heterocycles. The lowest BCUT2D eigenvalue weighted by atomic mass is 9.90. The standard InChI is InChI=1S/C29H31BrN2O2S/c1-20-8-5-6-13-24(20)28-25-15-17-35-26(25)14-16-31(28)27(33)19-32(23-11-3-2-4-12-23)29(34)21-9-7-10-22(30)18-21/h5-10,13,15,17-18,23,28H,2-4,11-12,14,16,19H2,1H3. The van der Waals surface area contributed by atoms with Crippen LogP contribution in [0.4, 0.5) is 0 Å². The van der Waals surface area contributed by atoms with Crippen LogP contribution in [0.1, 0.15) is 70.1 Å². The summed E-state index contributed by atoms with van der Waals surface area (Å²) in [4.78, 5) is 33.0. The van der Waals surface area contributed by atoms with Gasteiger partial charge >= 0.3 is 0 Å². The number of carbonyl (C=O) groups excluding carboxylic acids is 2. The molecule has 4 nitrogen and oxygen atoms in total. The van der Waals surface area contributed by atoms with Gasteiger partial charge in [0.05, 0.1) is 6.04 Å². The van der Waals surface area contributed by atoms with Crippen LogP contribution in [0.3, 0.4) is 0 Å². The lowest BCUT2D eigenvalue weighted by Gasteiger charge is -2.40. The Morgan fingerprint density at radius 2 is 1.83 bits per heavy atom. The predicted molar refractivity (Wildman–Crippen MR) is 145 cm³/mol. The van der Waals surface area contributed by atoms with E-state index in [0.717, 1.165) is 36.6 Å². The Hall–Kier alpha value is -2.44. The summed E-state index contributed by atoms with van der Waals surface area (Å²) in [5.41, 5.74) is 4.21. The van der Waals surface area contributed by atoms with Gasteiger partial charge in [-0.15, -0.1) is 11.3 Å². The smallest absolute Gasteiger partial charge is 0.254 e. The van der Waals surface area contributed by atoms with Crippen LogP contribution in [0.15, 0.2) is 64.5 Å². The monoisotopic (exact) mass is 550 g/mol. The third-order valence-electron chi connectivity index (χ3n) is 7.42. The van der Waals surface area contributed by atoms with Gasteiger partial charge in [-0.2, -0.15) is 0 Å². The van der Waals surface area contributed by atoms with Crippen molar-refractivity contribution in [2.75, 3.05) is 13.1 Å². The van der Waals surface area contributed by atoms with E-state index in [1.54, 1.807) is 11.3 Å². The molecule has 0 spiro atoms. The van der Waals surface area contributed by atoms with E-state index in [1.165, 1.54) is 28.0 Å². The molecule has 182 valence electrons. The average Bonchev–Trinajstić information content (AvgIpc) is 3.36. The van der Waals surface area contributed by atoms with Crippen LogP contribution < -0.4 is 0 Å². The minimum Gasteiger partial charge on any atom is -0.330 e. The maximum atomic E-state index is 14.0. The Morgan fingerprint density at radius 3 is 2.60 bits per heavy atom. The van der Waals surface area contributed by atoms with Crippen molar-refractivity contribution in [1.82, 2.24) is 9.80 Å². The molecule has 6 heteroatoms. The molecule has 1 aliphatic heterocycles. The maximum Gasteiger partial charge on any atom is 0.254 e. The summed E-state index contributed by atoms with van der Waals surface area (Å²) < 4.78 is 0.874. The largest absolute Gasteiger partial charge is 0.330 e. The van der Waals surface area contributed by atoms with E-state index in [2.05, 4.69) is 52.5 Å². The van der Waals surface area contributed by atoms with Crippen molar-refractivity contribution < 1.29 is 9.59 Å². The molecule has 2 aromatic carbocycles. The van der Waals surface area contributed by atoms with E-state index >= 15 is 0 Å². The number of hydrogen-bond donors (Lipinski definition) is 0. The summed E-state index contributed by atoms with van der Waals surface area (Å²) in [6, 6.07) is 18.0. The molecule has 2 heterocycles. The lowest BCUT2D eigenvalue weighted by Crippen LogP contribution is -2.50. The van der Waals surface area contributed by atoms with Crippen molar-refractivity contribution >= 4 is 39.1 Å². The molecule has 3 aromatic rings. The zero-order valence-corrected chi connectivity index (χ0v) is 22.5. The van der Waals surface area contributed by atoms with Gasteiger partial charge in [-0.3, -0.25) is 9.59 Å². The summed E-state index contributed by atoms with van der Waals surface area (Å²) in [7, 11) is 0. The summed E-state index contributed by atoms with van der Waals surface area (Å²) in [6.07, 6.45) is 6.20. The van der Waals surface area contributed by atoms with E-state index in [4.69, 9.17) is 0 Å². The van der Waals surface area contributed by atoms with Gasteiger partial charge in [0.15, 0.2) is 0 Å². The first-order valence-corrected chi connectivity index (χ1v) is 14.2. The number of aryl methyl sites for hydroxylation is 1. The highest BCUT2D eigenvalue weighted by Crippen LogP contribution is 2.39. The molecular formula is C29H31BrN2O2S. The topological polar surface area (TPSA) is 40.6 Å². The van der Waals surface area contributed by atoms with Gasteiger partial charge in [0, 0.05) is 27.5 Å². The molecule has 1 aliphatic carbocycles. The number of nitrogens with zero attached hydrogens (tertiary/aromatic N) is 2. The lowest BCUT2D eigenvalue weighted by molar-refractivity contribution is -0.134. The van der Waals surface area contributed by atoms with Gasteiger partial charge in [-0.05, 0) is 72.5 Å². The van der Waals surface area contributed by atoms with Gasteiger partial charge in [0.25, 0.3) is 5.91 Å². The van der Waals surface area contributed by atoms with Crippen molar-refractivity contribution in [3.05, 3.63) is 91.6 Å². The first-order chi connectivity index (χ1) is 17.0. The van der Waals surface area contributed by atoms with Gasteiger partial charge in [-0.1, -0.05) is 65.5 Å². The van der Waals surface area contributed by atoms with Crippen LogP contribution in [0.5, 0.6) is 0 Å². The van der Waals surface area contributed by atoms with E-state index in [-0.39, 0.29) is 30.4 Å². The van der Waals surface area contributed by atoms with Crippen LogP contribution in [0, 0.1) is 6.92 Å². The molecule has 1 unspecified atom stereocenters. The fourth-order valence-electron chi connectivity index (χ4n) is 5.60. The second-order valence-corrected chi connectivity index (χ2v) is 11.5. The van der Waals surface area contributed by atoms with Crippen molar-refractivity contribution in [3.8, 4) is 0 Å². The highest BCUT2D eigenvalue weighted by molar-refractivity contribution is 9.10. The highest BCUT2D eigenvalue weighted by atomic mass is 79.9. The first-order valence-electron chi connectivity index (χ1n) is 12.5. The number of carbonyl (C=O) groups is 2. The van der Waals surface area contributed by atoms with Crippen molar-refractivity contribution in [1.29, 1.82) is 0 Å². The van der Waals surface area contributed by atoms with Crippen LogP contribution in [-0.2, 0) is 11.2 Å². The number of halogens is 1. The average molecular weight is 552 g/mol. The molecular weight excluding hydrogens is 520 g/mol. The van der Waals surface area contributed by atoms with E-state index < -0.39 is 0 Å². The Morgan fingerprint density at radius 1 is 1.03 bits per heavy atom. The van der Waals surface area contributed by atoms with Gasteiger partial charge in [0.2, 0.25) is 5.91 Å². The van der Waals surface area contributed by atoms with E-state index in [1.807, 2.05) is 40.1 Å². The normalized spacial score (nSPS) is 18.2. The van der Waals surface area contributed by atoms with Gasteiger partial charge < -0.3 is 9.80 Å². The molecule has 1 fully saturated rings. The summed E-state index contributed by atoms with van der Waals surface area (Å²) in [6.45, 7) is 2.91. The number of rotatable bonds is 5. The van der Waals surface area contributed by atoms with Crippen molar-refractivity contribution in [2.45, 2.75) is 57.5 Å². The van der Waals surface area contributed by atoms with Gasteiger partial charge in [-0.25, -0.2) is 0 Å². The fraction of sp³-hybridized carbons (Fsp3) is 0.379. The zero-order chi connectivity index (χ0) is 24.4. The summed E-state index contributed by atoms with van der Waals surface area (Å²) in [5, 5.41) is 2.13. The molecule has 2 aliphatic rings. The van der Waals surface area contributed by atoms with Crippen LogP contribution in [-0.4, -0.2) is 40.7 Å². The molecule has 1 saturated carbocycles. The molecule has 0 bridgehead atoms. The third-order valence-corrected chi connectivity index (χ3v) is 8.91. The Kier molecular flexibility index (Phi) is 7.40. The predicted octanol–water partition coefficient (Wildman–Crippen LogP) is 6.77. The Labute approximate surface area is 220 Å². The number of fused-ring (bicyclic) bond motifs is 1. The van der Waals surface area contributed by atoms with Crippen LogP contribution in [0.25, 0.3) is 0 Å². The van der Waals surface area contributed by atoms with Gasteiger partial charge in [0.1, 0.15) is 6.54 Å². The number of thiophene rings is 1. The third kappa shape index (κ3) is 5.10. The quantitative estimate of drug-likeness (QED) is 0.351. The van der Waals surface area contributed by atoms with Crippen LogP contribution in [0.2, 0.25) is 0 Å².